The van der Waals surface area contributed by atoms with Crippen LogP contribution < -0.4 is 16.4 Å². The topological polar surface area (TPSA) is 124 Å². The zero-order valence-corrected chi connectivity index (χ0v) is 20.4. The fourth-order valence-electron chi connectivity index (χ4n) is 3.98. The molecule has 2 heterocycles. The van der Waals surface area contributed by atoms with Crippen molar-refractivity contribution in [3.8, 4) is 16.2 Å². The highest BCUT2D eigenvalue weighted by Crippen LogP contribution is 2.33. The minimum atomic E-state index is -0.991. The number of phenolic OH excluding ortho intramolecular Hbond substituents is 1. The lowest BCUT2D eigenvalue weighted by Gasteiger charge is -2.21. The first-order chi connectivity index (χ1) is 17.4. The number of aromatic nitrogens is 1. The number of nitrogens with two attached hydrogens (primary N) is 1. The highest BCUT2D eigenvalue weighted by atomic mass is 32.1. The number of phenols is 1. The first-order valence-electron chi connectivity index (χ1n) is 11.3. The lowest BCUT2D eigenvalue weighted by Crippen LogP contribution is -2.30. The lowest BCUT2D eigenvalue weighted by atomic mass is 9.96. The quantitative estimate of drug-likeness (QED) is 0.208. The van der Waals surface area contributed by atoms with Crippen LogP contribution in [0.5, 0.6) is 5.75 Å². The number of nitrogen functional groups attached to an aromatic ring is 1. The number of anilines is 1. The standard InChI is InChI=1S/C27H26FN5O2S/c1-31-13-16-5-2-3-6-19(16)24-9-10-25(36-24)27(35)33-22(26-20(28)7-4-8-23(26)34)12-21(30)17-11-18(29)15-32-14-17/h2-11,14-15,22,30-31,34H,12-13,29H2,1H3,(H,33,35). The fraction of sp³-hybridized carbons (Fsp3) is 0.148. The second-order valence-electron chi connectivity index (χ2n) is 8.24. The van der Waals surface area contributed by atoms with Crippen LogP contribution in [0.2, 0.25) is 0 Å². The molecule has 184 valence electrons. The molecule has 0 aliphatic rings. The van der Waals surface area contributed by atoms with E-state index < -0.39 is 17.8 Å². The Morgan fingerprint density at radius 1 is 1.17 bits per heavy atom. The normalized spacial score (nSPS) is 11.7. The van der Waals surface area contributed by atoms with Crippen molar-refractivity contribution in [3.63, 3.8) is 0 Å². The van der Waals surface area contributed by atoms with E-state index in [1.54, 1.807) is 12.1 Å². The van der Waals surface area contributed by atoms with E-state index in [0.717, 1.165) is 16.0 Å². The van der Waals surface area contributed by atoms with Gasteiger partial charge in [0.25, 0.3) is 5.91 Å². The zero-order valence-electron chi connectivity index (χ0n) is 19.6. The Morgan fingerprint density at radius 3 is 2.72 bits per heavy atom. The molecule has 0 aliphatic heterocycles. The summed E-state index contributed by atoms with van der Waals surface area (Å²) in [6.07, 6.45) is 2.86. The first-order valence-corrected chi connectivity index (χ1v) is 12.1. The van der Waals surface area contributed by atoms with E-state index in [1.807, 2.05) is 37.4 Å². The van der Waals surface area contributed by atoms with Gasteiger partial charge in [0.15, 0.2) is 0 Å². The first kappa shape index (κ1) is 25.0. The van der Waals surface area contributed by atoms with Crippen LogP contribution in [0.4, 0.5) is 10.1 Å². The van der Waals surface area contributed by atoms with E-state index in [1.165, 1.54) is 41.9 Å². The van der Waals surface area contributed by atoms with Crippen molar-refractivity contribution in [3.05, 3.63) is 100 Å². The number of rotatable bonds is 9. The van der Waals surface area contributed by atoms with Gasteiger partial charge in [-0.3, -0.25) is 9.78 Å². The second kappa shape index (κ2) is 11.1. The monoisotopic (exact) mass is 503 g/mol. The van der Waals surface area contributed by atoms with Gasteiger partial charge in [-0.15, -0.1) is 11.3 Å². The van der Waals surface area contributed by atoms with E-state index in [-0.39, 0.29) is 23.4 Å². The van der Waals surface area contributed by atoms with E-state index in [4.69, 9.17) is 11.1 Å². The summed E-state index contributed by atoms with van der Waals surface area (Å²) < 4.78 is 14.8. The number of thiophene rings is 1. The number of pyridine rings is 1. The SMILES string of the molecule is CNCc1ccccc1-c1ccc(C(=O)NC(CC(=N)c2cncc(N)c2)c2c(O)cccc2F)s1. The number of carbonyl (C=O) groups excluding carboxylic acids is 1. The molecular formula is C27H26FN5O2S. The highest BCUT2D eigenvalue weighted by molar-refractivity contribution is 7.17. The van der Waals surface area contributed by atoms with E-state index >= 15 is 0 Å². The predicted octanol–water partition coefficient (Wildman–Crippen LogP) is 4.89. The summed E-state index contributed by atoms with van der Waals surface area (Å²) in [7, 11) is 1.87. The van der Waals surface area contributed by atoms with Gasteiger partial charge >= 0.3 is 0 Å². The highest BCUT2D eigenvalue weighted by Gasteiger charge is 2.25. The molecule has 36 heavy (non-hydrogen) atoms. The van der Waals surface area contributed by atoms with Gasteiger partial charge in [0.2, 0.25) is 0 Å². The van der Waals surface area contributed by atoms with Crippen molar-refractivity contribution >= 4 is 28.6 Å². The number of aromatic hydroxyl groups is 1. The van der Waals surface area contributed by atoms with Gasteiger partial charge in [-0.1, -0.05) is 30.3 Å². The molecule has 1 unspecified atom stereocenters. The number of hydrogen-bond donors (Lipinski definition) is 5. The molecule has 0 saturated heterocycles. The molecule has 2 aromatic carbocycles. The molecule has 0 spiro atoms. The number of halogens is 1. The summed E-state index contributed by atoms with van der Waals surface area (Å²) in [5.41, 5.74) is 8.77. The van der Waals surface area contributed by atoms with Crippen molar-refractivity contribution in [2.45, 2.75) is 19.0 Å². The van der Waals surface area contributed by atoms with Gasteiger partial charge in [0.05, 0.1) is 22.2 Å². The van der Waals surface area contributed by atoms with Crippen LogP contribution in [0.3, 0.4) is 0 Å². The molecule has 0 radical (unpaired) electrons. The molecule has 7 nitrogen and oxygen atoms in total. The third-order valence-corrected chi connectivity index (χ3v) is 6.80. The molecule has 2 aromatic heterocycles. The van der Waals surface area contributed by atoms with Crippen LogP contribution in [0.25, 0.3) is 10.4 Å². The molecule has 9 heteroatoms. The minimum Gasteiger partial charge on any atom is -0.507 e. The van der Waals surface area contributed by atoms with Crippen LogP contribution >= 0.6 is 11.3 Å². The summed E-state index contributed by atoms with van der Waals surface area (Å²) in [6, 6.07) is 16.1. The van der Waals surface area contributed by atoms with E-state index in [2.05, 4.69) is 15.6 Å². The number of amides is 1. The molecule has 1 amide bonds. The number of nitrogens with zero attached hydrogens (tertiary/aromatic N) is 1. The average Bonchev–Trinajstić information content (AvgIpc) is 3.35. The average molecular weight is 504 g/mol. The predicted molar refractivity (Wildman–Crippen MR) is 141 cm³/mol. The molecule has 0 fully saturated rings. The second-order valence-corrected chi connectivity index (χ2v) is 9.32. The summed E-state index contributed by atoms with van der Waals surface area (Å²) in [5.74, 6) is -1.40. The van der Waals surface area contributed by atoms with Crippen molar-refractivity contribution < 1.29 is 14.3 Å². The number of benzene rings is 2. The number of hydrogen-bond acceptors (Lipinski definition) is 7. The van der Waals surface area contributed by atoms with Gasteiger partial charge in [-0.25, -0.2) is 4.39 Å². The van der Waals surface area contributed by atoms with Crippen molar-refractivity contribution in [1.29, 1.82) is 5.41 Å². The molecular weight excluding hydrogens is 477 g/mol. The summed E-state index contributed by atoms with van der Waals surface area (Å²) in [6.45, 7) is 0.686. The van der Waals surface area contributed by atoms with Crippen LogP contribution in [0, 0.1) is 11.2 Å². The van der Waals surface area contributed by atoms with Crippen molar-refractivity contribution in [2.75, 3.05) is 12.8 Å². The van der Waals surface area contributed by atoms with Crippen LogP contribution in [0.15, 0.2) is 73.1 Å². The van der Waals surface area contributed by atoms with E-state index in [9.17, 15) is 14.3 Å². The molecule has 6 N–H and O–H groups in total. The van der Waals surface area contributed by atoms with Gasteiger partial charge in [-0.2, -0.15) is 0 Å². The number of carbonyl (C=O) groups is 1. The molecule has 1 atom stereocenters. The number of nitrogens with one attached hydrogen (secondary N) is 3. The van der Waals surface area contributed by atoms with Crippen LogP contribution in [-0.4, -0.2) is 28.8 Å². The van der Waals surface area contributed by atoms with E-state index in [0.29, 0.717) is 22.7 Å². The summed E-state index contributed by atoms with van der Waals surface area (Å²) >= 11 is 1.32. The molecule has 4 aromatic rings. The Hall–Kier alpha value is -4.08. The van der Waals surface area contributed by atoms with Crippen molar-refractivity contribution in [1.82, 2.24) is 15.6 Å². The summed E-state index contributed by atoms with van der Waals surface area (Å²) in [5, 5.41) is 24.9. The molecule has 0 bridgehead atoms. The van der Waals surface area contributed by atoms with Gasteiger partial charge in [-0.05, 0) is 48.5 Å². The van der Waals surface area contributed by atoms with Crippen LogP contribution in [0.1, 0.15) is 38.8 Å². The zero-order chi connectivity index (χ0) is 25.7. The molecule has 0 aliphatic carbocycles. The summed E-state index contributed by atoms with van der Waals surface area (Å²) in [4.78, 5) is 18.6. The Morgan fingerprint density at radius 2 is 1.97 bits per heavy atom. The molecule has 0 saturated carbocycles. The van der Waals surface area contributed by atoms with Gasteiger partial charge in [0.1, 0.15) is 11.6 Å². The Bertz CT molecular complexity index is 1380. The maximum absolute atomic E-state index is 14.8. The Balaban J connectivity index is 1.62. The Kier molecular flexibility index (Phi) is 7.72. The molecule has 4 rings (SSSR count). The van der Waals surface area contributed by atoms with Gasteiger partial charge in [0, 0.05) is 41.5 Å². The van der Waals surface area contributed by atoms with Crippen LogP contribution in [-0.2, 0) is 6.54 Å². The minimum absolute atomic E-state index is 0.0748. The largest absolute Gasteiger partial charge is 0.507 e. The maximum Gasteiger partial charge on any atom is 0.261 e. The Labute approximate surface area is 212 Å². The maximum atomic E-state index is 14.8. The third-order valence-electron chi connectivity index (χ3n) is 5.68. The smallest absolute Gasteiger partial charge is 0.261 e. The third kappa shape index (κ3) is 5.59. The van der Waals surface area contributed by atoms with Crippen molar-refractivity contribution in [2.24, 2.45) is 0 Å². The fourth-order valence-corrected chi connectivity index (χ4v) is 4.95. The lowest BCUT2D eigenvalue weighted by molar-refractivity contribution is 0.0941. The van der Waals surface area contributed by atoms with Gasteiger partial charge < -0.3 is 26.9 Å².